The van der Waals surface area contributed by atoms with Crippen LogP contribution in [-0.2, 0) is 9.59 Å². The zero-order chi connectivity index (χ0) is 13.6. The highest BCUT2D eigenvalue weighted by molar-refractivity contribution is 5.81. The van der Waals surface area contributed by atoms with Gasteiger partial charge in [0.25, 0.3) is 0 Å². The molecule has 0 radical (unpaired) electrons. The normalized spacial score (nSPS) is 40.7. The van der Waals surface area contributed by atoms with Gasteiger partial charge < -0.3 is 16.0 Å². The molecule has 1 saturated heterocycles. The second kappa shape index (κ2) is 4.78. The number of fused-ring (bicyclic) bond motifs is 2. The molecular weight excluding hydrogens is 242 g/mol. The van der Waals surface area contributed by atoms with E-state index in [0.717, 1.165) is 25.8 Å². The average molecular weight is 265 g/mol. The van der Waals surface area contributed by atoms with E-state index >= 15 is 0 Å². The van der Waals surface area contributed by atoms with Crippen molar-refractivity contribution in [2.24, 2.45) is 23.5 Å². The first-order valence-corrected chi connectivity index (χ1v) is 7.37. The smallest absolute Gasteiger partial charge is 0.227 e. The van der Waals surface area contributed by atoms with Gasteiger partial charge in [-0.05, 0) is 37.5 Å². The Balaban J connectivity index is 1.61. The van der Waals surface area contributed by atoms with Gasteiger partial charge in [0.05, 0.1) is 5.92 Å². The number of amides is 2. The van der Waals surface area contributed by atoms with Gasteiger partial charge in [0, 0.05) is 32.1 Å². The lowest BCUT2D eigenvalue weighted by Crippen LogP contribution is -2.47. The summed E-state index contributed by atoms with van der Waals surface area (Å²) in [7, 11) is 0. The number of carbonyl (C=O) groups is 2. The second-order valence-corrected chi connectivity index (χ2v) is 6.41. The van der Waals surface area contributed by atoms with E-state index in [-0.39, 0.29) is 29.8 Å². The molecule has 2 saturated carbocycles. The summed E-state index contributed by atoms with van der Waals surface area (Å²) in [6, 6.07) is 0.183. The molecule has 3 fully saturated rings. The number of carbonyl (C=O) groups excluding carboxylic acids is 2. The van der Waals surface area contributed by atoms with E-state index in [1.165, 1.54) is 13.3 Å². The predicted octanol–water partition coefficient (Wildman–Crippen LogP) is 0.0968. The van der Waals surface area contributed by atoms with Crippen LogP contribution in [0.3, 0.4) is 0 Å². The van der Waals surface area contributed by atoms with E-state index in [1.54, 1.807) is 0 Å². The first-order valence-electron chi connectivity index (χ1n) is 7.37. The van der Waals surface area contributed by atoms with E-state index < -0.39 is 0 Å². The van der Waals surface area contributed by atoms with Gasteiger partial charge in [-0.3, -0.25) is 9.59 Å². The van der Waals surface area contributed by atoms with Crippen LogP contribution in [-0.4, -0.2) is 41.9 Å². The van der Waals surface area contributed by atoms with Gasteiger partial charge in [-0.15, -0.1) is 0 Å². The van der Waals surface area contributed by atoms with E-state index in [2.05, 4.69) is 5.32 Å². The van der Waals surface area contributed by atoms with Crippen molar-refractivity contribution in [3.05, 3.63) is 0 Å². The number of nitrogens with zero attached hydrogens (tertiary/aromatic N) is 1. The van der Waals surface area contributed by atoms with Crippen molar-refractivity contribution in [3.63, 3.8) is 0 Å². The van der Waals surface area contributed by atoms with Crippen LogP contribution in [0.15, 0.2) is 0 Å². The van der Waals surface area contributed by atoms with Crippen LogP contribution in [0.1, 0.15) is 32.6 Å². The lowest BCUT2D eigenvalue weighted by Gasteiger charge is -2.30. The molecule has 106 valence electrons. The fourth-order valence-corrected chi connectivity index (χ4v) is 4.28. The minimum absolute atomic E-state index is 0.0177. The van der Waals surface area contributed by atoms with Gasteiger partial charge >= 0.3 is 0 Å². The predicted molar refractivity (Wildman–Crippen MR) is 71.1 cm³/mol. The van der Waals surface area contributed by atoms with E-state index in [9.17, 15) is 9.59 Å². The van der Waals surface area contributed by atoms with Gasteiger partial charge in [0.15, 0.2) is 0 Å². The Morgan fingerprint density at radius 3 is 2.58 bits per heavy atom. The zero-order valence-corrected chi connectivity index (χ0v) is 11.5. The molecule has 2 amide bonds. The molecule has 19 heavy (non-hydrogen) atoms. The fraction of sp³-hybridized carbons (Fsp3) is 0.857. The van der Waals surface area contributed by atoms with Gasteiger partial charge in [-0.1, -0.05) is 0 Å². The Morgan fingerprint density at radius 1 is 1.21 bits per heavy atom. The van der Waals surface area contributed by atoms with Crippen LogP contribution in [0.5, 0.6) is 0 Å². The van der Waals surface area contributed by atoms with Crippen LogP contribution in [0.2, 0.25) is 0 Å². The molecule has 5 heteroatoms. The number of hydrogen-bond acceptors (Lipinski definition) is 3. The summed E-state index contributed by atoms with van der Waals surface area (Å²) in [6.07, 6.45) is 4.36. The number of likely N-dealkylation sites (tertiary alicyclic amines) is 1. The van der Waals surface area contributed by atoms with Gasteiger partial charge in [-0.25, -0.2) is 0 Å². The average Bonchev–Trinajstić information content (AvgIpc) is 3.02. The summed E-state index contributed by atoms with van der Waals surface area (Å²) in [5.41, 5.74) is 6.23. The van der Waals surface area contributed by atoms with Crippen LogP contribution in [0.4, 0.5) is 0 Å². The monoisotopic (exact) mass is 265 g/mol. The van der Waals surface area contributed by atoms with Crippen molar-refractivity contribution < 1.29 is 9.59 Å². The SMILES string of the molecule is CC(=O)NC1CCN(C(=O)C2C3CCC(C3)C2N)C1. The zero-order valence-electron chi connectivity index (χ0n) is 11.5. The molecule has 0 aromatic rings. The molecule has 3 N–H and O–H groups in total. The molecular formula is C14H23N3O2. The molecule has 2 aliphatic carbocycles. The standard InChI is InChI=1S/C14H23N3O2/c1-8(18)16-11-4-5-17(7-11)14(19)12-9-2-3-10(6-9)13(12)15/h9-13H,2-7,15H2,1H3,(H,16,18). The Kier molecular flexibility index (Phi) is 3.25. The fourth-order valence-electron chi connectivity index (χ4n) is 4.28. The topological polar surface area (TPSA) is 75.4 Å². The van der Waals surface area contributed by atoms with Crippen molar-refractivity contribution >= 4 is 11.8 Å². The highest BCUT2D eigenvalue weighted by Crippen LogP contribution is 2.48. The first-order chi connectivity index (χ1) is 9.06. The summed E-state index contributed by atoms with van der Waals surface area (Å²) >= 11 is 0. The van der Waals surface area contributed by atoms with E-state index in [4.69, 9.17) is 5.73 Å². The molecule has 5 nitrogen and oxygen atoms in total. The third kappa shape index (κ3) is 2.24. The molecule has 0 spiro atoms. The molecule has 1 heterocycles. The van der Waals surface area contributed by atoms with Gasteiger partial charge in [0.1, 0.15) is 0 Å². The Hall–Kier alpha value is -1.10. The summed E-state index contributed by atoms with van der Waals surface area (Å²) in [5, 5.41) is 2.90. The van der Waals surface area contributed by atoms with Crippen LogP contribution in [0.25, 0.3) is 0 Å². The summed E-state index contributed by atoms with van der Waals surface area (Å²) in [4.78, 5) is 25.6. The van der Waals surface area contributed by atoms with Crippen molar-refractivity contribution in [1.29, 1.82) is 0 Å². The number of nitrogens with one attached hydrogen (secondary N) is 1. The number of nitrogens with two attached hydrogens (primary N) is 1. The Morgan fingerprint density at radius 2 is 1.95 bits per heavy atom. The van der Waals surface area contributed by atoms with Crippen molar-refractivity contribution in [1.82, 2.24) is 10.2 Å². The minimum Gasteiger partial charge on any atom is -0.352 e. The van der Waals surface area contributed by atoms with Crippen molar-refractivity contribution in [2.75, 3.05) is 13.1 Å². The van der Waals surface area contributed by atoms with Gasteiger partial charge in [0.2, 0.25) is 11.8 Å². The molecule has 1 aliphatic heterocycles. The maximum absolute atomic E-state index is 12.6. The van der Waals surface area contributed by atoms with Gasteiger partial charge in [-0.2, -0.15) is 0 Å². The first kappa shape index (κ1) is 12.9. The largest absolute Gasteiger partial charge is 0.352 e. The summed E-state index contributed by atoms with van der Waals surface area (Å²) < 4.78 is 0. The summed E-state index contributed by atoms with van der Waals surface area (Å²) in [6.45, 7) is 2.93. The lowest BCUT2D eigenvalue weighted by atomic mass is 9.84. The molecule has 2 bridgehead atoms. The third-order valence-electron chi connectivity index (χ3n) is 5.17. The van der Waals surface area contributed by atoms with Crippen molar-refractivity contribution in [3.8, 4) is 0 Å². The van der Waals surface area contributed by atoms with Crippen LogP contribution < -0.4 is 11.1 Å². The second-order valence-electron chi connectivity index (χ2n) is 6.41. The maximum atomic E-state index is 12.6. The molecule has 3 rings (SSSR count). The minimum atomic E-state index is -0.0177. The van der Waals surface area contributed by atoms with E-state index in [0.29, 0.717) is 18.4 Å². The number of rotatable bonds is 2. The third-order valence-corrected chi connectivity index (χ3v) is 5.17. The maximum Gasteiger partial charge on any atom is 0.227 e. The molecule has 3 aliphatic rings. The quantitative estimate of drug-likeness (QED) is 0.743. The van der Waals surface area contributed by atoms with Crippen LogP contribution in [0, 0.1) is 17.8 Å². The molecule has 5 atom stereocenters. The van der Waals surface area contributed by atoms with Crippen molar-refractivity contribution in [2.45, 2.75) is 44.7 Å². The molecule has 5 unspecified atom stereocenters. The number of hydrogen-bond donors (Lipinski definition) is 2. The lowest BCUT2D eigenvalue weighted by molar-refractivity contribution is -0.137. The van der Waals surface area contributed by atoms with E-state index in [1.807, 2.05) is 4.90 Å². The molecule has 0 aromatic heterocycles. The highest BCUT2D eigenvalue weighted by Gasteiger charge is 2.50. The molecule has 0 aromatic carbocycles. The highest BCUT2D eigenvalue weighted by atomic mass is 16.2. The Labute approximate surface area is 113 Å². The van der Waals surface area contributed by atoms with Crippen LogP contribution >= 0.6 is 0 Å². The Bertz CT molecular complexity index is 396. The summed E-state index contributed by atoms with van der Waals surface area (Å²) in [5.74, 6) is 1.32.